The van der Waals surface area contributed by atoms with E-state index in [1.165, 1.54) is 24.0 Å². The molecule has 0 spiro atoms. The van der Waals surface area contributed by atoms with E-state index in [0.717, 1.165) is 26.1 Å². The number of fused-ring (bicyclic) bond motifs is 1. The Balaban J connectivity index is 1.63. The third-order valence-corrected chi connectivity index (χ3v) is 4.11. The van der Waals surface area contributed by atoms with Gasteiger partial charge < -0.3 is 10.9 Å². The number of benzene rings is 1. The molecule has 4 heteroatoms. The average molecular weight is 245 g/mol. The molecule has 96 valence electrons. The average Bonchev–Trinajstić information content (AvgIpc) is 2.98. The van der Waals surface area contributed by atoms with E-state index in [-0.39, 0.29) is 5.41 Å². The van der Waals surface area contributed by atoms with Crippen LogP contribution < -0.4 is 5.73 Å². The Labute approximate surface area is 107 Å². The summed E-state index contributed by atoms with van der Waals surface area (Å²) in [7, 11) is 0. The Morgan fingerprint density at radius 1 is 1.28 bits per heavy atom. The van der Waals surface area contributed by atoms with E-state index >= 15 is 0 Å². The summed E-state index contributed by atoms with van der Waals surface area (Å²) in [6.45, 7) is 3.13. The minimum Gasteiger partial charge on any atom is -0.409 e. The van der Waals surface area contributed by atoms with Gasteiger partial charge in [-0.15, -0.1) is 0 Å². The molecule has 0 bridgehead atoms. The molecular formula is C14H19N3O. The molecule has 1 aromatic rings. The summed E-state index contributed by atoms with van der Waals surface area (Å²) in [6.07, 6.45) is 3.10. The highest BCUT2D eigenvalue weighted by Gasteiger charge is 2.45. The summed E-state index contributed by atoms with van der Waals surface area (Å²) in [6, 6.07) is 8.62. The molecule has 0 unspecified atom stereocenters. The van der Waals surface area contributed by atoms with Crippen molar-refractivity contribution in [1.82, 2.24) is 4.90 Å². The van der Waals surface area contributed by atoms with Crippen LogP contribution in [0.25, 0.3) is 0 Å². The highest BCUT2D eigenvalue weighted by Crippen LogP contribution is 2.50. The molecule has 1 aromatic carbocycles. The van der Waals surface area contributed by atoms with Crippen LogP contribution in [0.1, 0.15) is 30.4 Å². The molecule has 18 heavy (non-hydrogen) atoms. The van der Waals surface area contributed by atoms with Crippen molar-refractivity contribution >= 4 is 5.84 Å². The Kier molecular flexibility index (Phi) is 2.74. The van der Waals surface area contributed by atoms with Gasteiger partial charge in [0, 0.05) is 26.1 Å². The zero-order valence-corrected chi connectivity index (χ0v) is 10.5. The van der Waals surface area contributed by atoms with Gasteiger partial charge in [0.2, 0.25) is 0 Å². The minimum absolute atomic E-state index is 0.262. The lowest BCUT2D eigenvalue weighted by atomic mass is 10.0. The Morgan fingerprint density at radius 2 is 1.89 bits per heavy atom. The van der Waals surface area contributed by atoms with Crippen LogP contribution in [0.3, 0.4) is 0 Å². The second-order valence-electron chi connectivity index (χ2n) is 5.68. The fourth-order valence-electron chi connectivity index (χ4n) is 2.98. The van der Waals surface area contributed by atoms with E-state index in [1.54, 1.807) is 0 Å². The van der Waals surface area contributed by atoms with Crippen LogP contribution in [0, 0.1) is 5.41 Å². The van der Waals surface area contributed by atoms with E-state index in [1.807, 2.05) is 0 Å². The van der Waals surface area contributed by atoms with Crippen molar-refractivity contribution in [3.05, 3.63) is 35.4 Å². The maximum Gasteiger partial charge on any atom is 0.139 e. The Morgan fingerprint density at radius 3 is 2.39 bits per heavy atom. The first-order valence-electron chi connectivity index (χ1n) is 6.46. The first-order valence-corrected chi connectivity index (χ1v) is 6.46. The third kappa shape index (κ3) is 2.20. The summed E-state index contributed by atoms with van der Waals surface area (Å²) in [5.74, 6) is 0.365. The summed E-state index contributed by atoms with van der Waals surface area (Å²) < 4.78 is 0. The third-order valence-electron chi connectivity index (χ3n) is 4.11. The highest BCUT2D eigenvalue weighted by molar-refractivity contribution is 5.80. The monoisotopic (exact) mass is 245 g/mol. The molecule has 0 aromatic heterocycles. The first kappa shape index (κ1) is 11.5. The molecule has 1 fully saturated rings. The molecular weight excluding hydrogens is 226 g/mol. The summed E-state index contributed by atoms with van der Waals surface area (Å²) in [4.78, 5) is 2.47. The van der Waals surface area contributed by atoms with E-state index in [0.29, 0.717) is 5.84 Å². The topological polar surface area (TPSA) is 61.8 Å². The number of hydrogen-bond acceptors (Lipinski definition) is 3. The highest BCUT2D eigenvalue weighted by atomic mass is 16.4. The SMILES string of the molecule is NC(CC1(CN2Cc3ccccc3C2)CC1)=NO. The summed E-state index contributed by atoms with van der Waals surface area (Å²) in [5, 5.41) is 11.8. The van der Waals surface area contributed by atoms with Crippen molar-refractivity contribution in [2.75, 3.05) is 6.54 Å². The zero-order valence-electron chi connectivity index (χ0n) is 10.5. The van der Waals surface area contributed by atoms with E-state index < -0.39 is 0 Å². The maximum atomic E-state index is 8.68. The van der Waals surface area contributed by atoms with Gasteiger partial charge in [0.05, 0.1) is 0 Å². The van der Waals surface area contributed by atoms with Crippen molar-refractivity contribution in [3.8, 4) is 0 Å². The molecule has 2 aliphatic rings. The van der Waals surface area contributed by atoms with Gasteiger partial charge in [0.1, 0.15) is 5.84 Å². The molecule has 1 aliphatic heterocycles. The van der Waals surface area contributed by atoms with Gasteiger partial charge in [0.25, 0.3) is 0 Å². The number of oxime groups is 1. The fraction of sp³-hybridized carbons (Fsp3) is 0.500. The molecule has 0 radical (unpaired) electrons. The van der Waals surface area contributed by atoms with Gasteiger partial charge in [-0.25, -0.2) is 0 Å². The molecule has 0 amide bonds. The van der Waals surface area contributed by atoms with E-state index in [4.69, 9.17) is 10.9 Å². The second-order valence-corrected chi connectivity index (χ2v) is 5.68. The number of hydrogen-bond donors (Lipinski definition) is 2. The number of rotatable bonds is 4. The Bertz CT molecular complexity index is 455. The molecule has 4 nitrogen and oxygen atoms in total. The predicted octanol–water partition coefficient (Wildman–Crippen LogP) is 1.92. The van der Waals surface area contributed by atoms with Crippen molar-refractivity contribution in [3.63, 3.8) is 0 Å². The van der Waals surface area contributed by atoms with E-state index in [9.17, 15) is 0 Å². The predicted molar refractivity (Wildman–Crippen MR) is 70.2 cm³/mol. The van der Waals surface area contributed by atoms with Crippen LogP contribution >= 0.6 is 0 Å². The largest absolute Gasteiger partial charge is 0.409 e. The first-order chi connectivity index (χ1) is 8.71. The van der Waals surface area contributed by atoms with Gasteiger partial charge in [-0.3, -0.25) is 4.90 Å². The number of nitrogens with zero attached hydrogens (tertiary/aromatic N) is 2. The molecule has 1 aliphatic carbocycles. The van der Waals surface area contributed by atoms with Crippen LogP contribution in [0.15, 0.2) is 29.4 Å². The minimum atomic E-state index is 0.262. The maximum absolute atomic E-state index is 8.68. The van der Waals surface area contributed by atoms with Crippen LogP contribution in [-0.2, 0) is 13.1 Å². The number of nitrogens with two attached hydrogens (primary N) is 1. The van der Waals surface area contributed by atoms with Crippen LogP contribution in [0.2, 0.25) is 0 Å². The summed E-state index contributed by atoms with van der Waals surface area (Å²) >= 11 is 0. The molecule has 3 rings (SSSR count). The zero-order chi connectivity index (χ0) is 12.6. The normalized spacial score (nSPS) is 21.9. The quantitative estimate of drug-likeness (QED) is 0.369. The van der Waals surface area contributed by atoms with Crippen molar-refractivity contribution < 1.29 is 5.21 Å². The smallest absolute Gasteiger partial charge is 0.139 e. The lowest BCUT2D eigenvalue weighted by molar-refractivity contribution is 0.225. The number of amidine groups is 1. The molecule has 0 saturated heterocycles. The van der Waals surface area contributed by atoms with Crippen LogP contribution in [0.4, 0.5) is 0 Å². The van der Waals surface area contributed by atoms with E-state index in [2.05, 4.69) is 34.3 Å². The van der Waals surface area contributed by atoms with Crippen LogP contribution in [-0.4, -0.2) is 22.5 Å². The van der Waals surface area contributed by atoms with Gasteiger partial charge >= 0.3 is 0 Å². The van der Waals surface area contributed by atoms with Crippen molar-refractivity contribution in [2.24, 2.45) is 16.3 Å². The lowest BCUT2D eigenvalue weighted by Gasteiger charge is -2.22. The molecule has 0 atom stereocenters. The fourth-order valence-corrected chi connectivity index (χ4v) is 2.98. The molecule has 1 heterocycles. The van der Waals surface area contributed by atoms with Gasteiger partial charge in [-0.05, 0) is 29.4 Å². The van der Waals surface area contributed by atoms with Gasteiger partial charge in [0.15, 0.2) is 0 Å². The standard InChI is InChI=1S/C14H19N3O/c15-13(16-18)7-14(5-6-14)10-17-8-11-3-1-2-4-12(11)9-17/h1-4,18H,5-10H2,(H2,15,16). The van der Waals surface area contributed by atoms with Gasteiger partial charge in [-0.2, -0.15) is 0 Å². The van der Waals surface area contributed by atoms with Gasteiger partial charge in [-0.1, -0.05) is 29.4 Å². The summed E-state index contributed by atoms with van der Waals surface area (Å²) in [5.41, 5.74) is 8.78. The lowest BCUT2D eigenvalue weighted by Crippen LogP contribution is -2.29. The van der Waals surface area contributed by atoms with Crippen molar-refractivity contribution in [2.45, 2.75) is 32.4 Å². The Hall–Kier alpha value is -1.55. The molecule has 3 N–H and O–H groups in total. The van der Waals surface area contributed by atoms with Crippen molar-refractivity contribution in [1.29, 1.82) is 0 Å². The van der Waals surface area contributed by atoms with Crippen LogP contribution in [0.5, 0.6) is 0 Å². The molecule has 1 saturated carbocycles. The second kappa shape index (κ2) is 4.28.